The number of aromatic nitrogens is 1. The fourth-order valence-corrected chi connectivity index (χ4v) is 6.11. The van der Waals surface area contributed by atoms with Crippen molar-refractivity contribution >= 4 is 5.91 Å². The van der Waals surface area contributed by atoms with Crippen molar-refractivity contribution in [2.45, 2.75) is 56.1 Å². The van der Waals surface area contributed by atoms with E-state index in [0.29, 0.717) is 6.54 Å². The Morgan fingerprint density at radius 3 is 2.67 bits per heavy atom. The lowest BCUT2D eigenvalue weighted by Gasteiger charge is -2.63. The highest BCUT2D eigenvalue weighted by molar-refractivity contribution is 5.98. The minimum absolute atomic E-state index is 0.0105. The number of pyridine rings is 1. The molecule has 110 valence electrons. The second-order valence-electron chi connectivity index (χ2n) is 7.94. The molecule has 5 aliphatic rings. The number of hydrogen-bond donors (Lipinski definition) is 1. The summed E-state index contributed by atoms with van der Waals surface area (Å²) in [6, 6.07) is 3.79. The molecule has 4 heteroatoms. The zero-order valence-electron chi connectivity index (χ0n) is 12.2. The van der Waals surface area contributed by atoms with Gasteiger partial charge in [-0.25, -0.2) is 0 Å². The van der Waals surface area contributed by atoms with Gasteiger partial charge in [-0.05, 0) is 62.5 Å². The van der Waals surface area contributed by atoms with E-state index in [9.17, 15) is 4.79 Å². The first kappa shape index (κ1) is 12.2. The summed E-state index contributed by atoms with van der Waals surface area (Å²) in [5.74, 6) is 1.63. The molecule has 2 heterocycles. The van der Waals surface area contributed by atoms with Crippen LogP contribution in [-0.2, 0) is 6.54 Å². The van der Waals surface area contributed by atoms with Crippen LogP contribution in [0.2, 0.25) is 0 Å². The third kappa shape index (κ3) is 1.54. The molecule has 4 fully saturated rings. The molecule has 2 atom stereocenters. The quantitative estimate of drug-likeness (QED) is 0.858. The number of amides is 1. The van der Waals surface area contributed by atoms with Crippen molar-refractivity contribution in [1.29, 1.82) is 0 Å². The second-order valence-corrected chi connectivity index (χ2v) is 7.94. The summed E-state index contributed by atoms with van der Waals surface area (Å²) in [7, 11) is 0. The van der Waals surface area contributed by atoms with Crippen LogP contribution in [0, 0.1) is 11.8 Å². The molecule has 21 heavy (non-hydrogen) atoms. The largest absolute Gasteiger partial charge is 0.327 e. The van der Waals surface area contributed by atoms with E-state index in [1.807, 2.05) is 12.1 Å². The molecular formula is C17H21N3O. The Bertz CT molecular complexity index is 627. The number of carbonyl (C=O) groups is 1. The highest BCUT2D eigenvalue weighted by atomic mass is 16.2. The average molecular weight is 283 g/mol. The summed E-state index contributed by atoms with van der Waals surface area (Å²) in [5, 5.41) is 0. The topological polar surface area (TPSA) is 59.2 Å². The summed E-state index contributed by atoms with van der Waals surface area (Å²) < 4.78 is 0. The van der Waals surface area contributed by atoms with Gasteiger partial charge in [0, 0.05) is 17.3 Å². The lowest BCUT2D eigenvalue weighted by Crippen LogP contribution is -2.68. The number of nitrogens with zero attached hydrogens (tertiary/aromatic N) is 2. The minimum Gasteiger partial charge on any atom is -0.327 e. The molecule has 4 saturated carbocycles. The van der Waals surface area contributed by atoms with Gasteiger partial charge >= 0.3 is 0 Å². The van der Waals surface area contributed by atoms with Crippen LogP contribution in [0.1, 0.15) is 54.6 Å². The number of carbonyl (C=O) groups excluding carboxylic acids is 1. The Labute approximate surface area is 124 Å². The van der Waals surface area contributed by atoms with Crippen molar-refractivity contribution in [2.24, 2.45) is 17.6 Å². The minimum atomic E-state index is -0.0213. The molecule has 0 spiro atoms. The van der Waals surface area contributed by atoms with Gasteiger partial charge in [0.1, 0.15) is 0 Å². The smallest absolute Gasteiger partial charge is 0.256 e. The van der Waals surface area contributed by atoms with Gasteiger partial charge in [-0.2, -0.15) is 0 Å². The van der Waals surface area contributed by atoms with E-state index < -0.39 is 0 Å². The molecule has 2 N–H and O–H groups in total. The SMILES string of the molecule is NC12CC3CC(C1)CC(N1Cc4ncccc4C1=O)(C3)C2. The number of nitrogens with two attached hydrogens (primary N) is 1. The van der Waals surface area contributed by atoms with Crippen LogP contribution in [0.4, 0.5) is 0 Å². The zero-order chi connectivity index (χ0) is 14.2. The molecule has 1 aliphatic heterocycles. The van der Waals surface area contributed by atoms with Gasteiger partial charge < -0.3 is 10.6 Å². The molecule has 4 bridgehead atoms. The molecule has 1 aromatic heterocycles. The first-order valence-electron chi connectivity index (χ1n) is 8.12. The van der Waals surface area contributed by atoms with E-state index in [0.717, 1.165) is 42.4 Å². The Balaban J connectivity index is 1.56. The van der Waals surface area contributed by atoms with E-state index in [2.05, 4.69) is 9.88 Å². The normalized spacial score (nSPS) is 43.5. The lowest BCUT2D eigenvalue weighted by atomic mass is 9.49. The van der Waals surface area contributed by atoms with Crippen molar-refractivity contribution < 1.29 is 4.79 Å². The molecule has 4 aliphatic carbocycles. The Kier molecular flexibility index (Phi) is 2.12. The molecular weight excluding hydrogens is 262 g/mol. The Morgan fingerprint density at radius 2 is 2.00 bits per heavy atom. The molecule has 0 saturated heterocycles. The standard InChI is InChI=1S/C17H21N3O/c18-16-5-11-4-12(6-16)8-17(7-11,10-16)20-9-14-13(15(20)21)2-1-3-19-14/h1-3,11-12H,4-10,18H2. The van der Waals surface area contributed by atoms with Crippen LogP contribution in [-0.4, -0.2) is 26.9 Å². The van der Waals surface area contributed by atoms with Crippen LogP contribution in [0.3, 0.4) is 0 Å². The highest BCUT2D eigenvalue weighted by Crippen LogP contribution is 2.59. The number of rotatable bonds is 1. The van der Waals surface area contributed by atoms with E-state index in [1.165, 1.54) is 19.3 Å². The molecule has 0 aromatic carbocycles. The maximum Gasteiger partial charge on any atom is 0.256 e. The van der Waals surface area contributed by atoms with E-state index in [-0.39, 0.29) is 17.0 Å². The van der Waals surface area contributed by atoms with Gasteiger partial charge in [0.25, 0.3) is 5.91 Å². The van der Waals surface area contributed by atoms with Crippen molar-refractivity contribution in [3.05, 3.63) is 29.6 Å². The zero-order valence-corrected chi connectivity index (χ0v) is 12.2. The predicted octanol–water partition coefficient (Wildman–Crippen LogP) is 2.09. The maximum atomic E-state index is 12.9. The highest BCUT2D eigenvalue weighted by Gasteiger charge is 2.60. The number of fused-ring (bicyclic) bond motifs is 1. The van der Waals surface area contributed by atoms with E-state index in [1.54, 1.807) is 6.20 Å². The molecule has 4 nitrogen and oxygen atoms in total. The van der Waals surface area contributed by atoms with Crippen molar-refractivity contribution in [3.8, 4) is 0 Å². The van der Waals surface area contributed by atoms with Crippen LogP contribution in [0.25, 0.3) is 0 Å². The van der Waals surface area contributed by atoms with Gasteiger partial charge in [0.2, 0.25) is 0 Å². The maximum absolute atomic E-state index is 12.9. The lowest BCUT2D eigenvalue weighted by molar-refractivity contribution is -0.0857. The molecule has 2 unspecified atom stereocenters. The van der Waals surface area contributed by atoms with E-state index >= 15 is 0 Å². The third-order valence-corrected chi connectivity index (χ3v) is 6.32. The summed E-state index contributed by atoms with van der Waals surface area (Å²) >= 11 is 0. The second kappa shape index (κ2) is 3.67. The van der Waals surface area contributed by atoms with Gasteiger partial charge in [0.15, 0.2) is 0 Å². The van der Waals surface area contributed by atoms with Crippen LogP contribution < -0.4 is 5.73 Å². The van der Waals surface area contributed by atoms with Crippen molar-refractivity contribution in [2.75, 3.05) is 0 Å². The summed E-state index contributed by atoms with van der Waals surface area (Å²) in [6.07, 6.45) is 8.75. The van der Waals surface area contributed by atoms with Crippen LogP contribution in [0.5, 0.6) is 0 Å². The van der Waals surface area contributed by atoms with Crippen LogP contribution in [0.15, 0.2) is 18.3 Å². The Hall–Kier alpha value is -1.42. The monoisotopic (exact) mass is 283 g/mol. The fraction of sp³-hybridized carbons (Fsp3) is 0.647. The Morgan fingerprint density at radius 1 is 1.24 bits per heavy atom. The van der Waals surface area contributed by atoms with Gasteiger partial charge in [-0.1, -0.05) is 0 Å². The average Bonchev–Trinajstić information content (AvgIpc) is 2.75. The van der Waals surface area contributed by atoms with Crippen molar-refractivity contribution in [3.63, 3.8) is 0 Å². The molecule has 1 amide bonds. The fourth-order valence-electron chi connectivity index (χ4n) is 6.11. The summed E-state index contributed by atoms with van der Waals surface area (Å²) in [4.78, 5) is 19.4. The van der Waals surface area contributed by atoms with E-state index in [4.69, 9.17) is 5.73 Å². The summed E-state index contributed by atoms with van der Waals surface area (Å²) in [6.45, 7) is 0.685. The van der Waals surface area contributed by atoms with Gasteiger partial charge in [0.05, 0.1) is 17.8 Å². The number of hydrogen-bond acceptors (Lipinski definition) is 3. The van der Waals surface area contributed by atoms with Crippen LogP contribution >= 0.6 is 0 Å². The van der Waals surface area contributed by atoms with Crippen molar-refractivity contribution in [1.82, 2.24) is 9.88 Å². The first-order chi connectivity index (χ1) is 10.1. The molecule has 1 aromatic rings. The molecule has 6 rings (SSSR count). The predicted molar refractivity (Wildman–Crippen MR) is 78.4 cm³/mol. The summed E-state index contributed by atoms with van der Waals surface area (Å²) in [5.41, 5.74) is 8.41. The third-order valence-electron chi connectivity index (χ3n) is 6.32. The first-order valence-corrected chi connectivity index (χ1v) is 8.12. The van der Waals surface area contributed by atoms with Gasteiger partial charge in [-0.15, -0.1) is 0 Å². The molecule has 0 radical (unpaired) electrons. The van der Waals surface area contributed by atoms with Gasteiger partial charge in [-0.3, -0.25) is 9.78 Å².